The highest BCUT2D eigenvalue weighted by molar-refractivity contribution is 5.99. The van der Waals surface area contributed by atoms with Crippen LogP contribution in [0.1, 0.15) is 77.8 Å². The minimum absolute atomic E-state index is 0.118. The molecule has 32 heavy (non-hydrogen) atoms. The van der Waals surface area contributed by atoms with Crippen molar-refractivity contribution in [2.75, 3.05) is 6.61 Å². The van der Waals surface area contributed by atoms with Crippen molar-refractivity contribution < 1.29 is 14.3 Å². The Labute approximate surface area is 191 Å². The van der Waals surface area contributed by atoms with Crippen LogP contribution in [-0.2, 0) is 9.53 Å². The van der Waals surface area contributed by atoms with Crippen molar-refractivity contribution in [3.8, 4) is 5.69 Å². The Morgan fingerprint density at radius 2 is 1.56 bits per heavy atom. The van der Waals surface area contributed by atoms with E-state index in [0.717, 1.165) is 34.8 Å². The lowest BCUT2D eigenvalue weighted by Crippen LogP contribution is -2.47. The molecule has 0 unspecified atom stereocenters. The number of hydrogen-bond acceptors (Lipinski definition) is 3. The van der Waals surface area contributed by atoms with Crippen LogP contribution < -0.4 is 0 Å². The minimum Gasteiger partial charge on any atom is -0.457 e. The van der Waals surface area contributed by atoms with Gasteiger partial charge in [0.05, 0.1) is 6.42 Å². The Bertz CT molecular complexity index is 1040. The summed E-state index contributed by atoms with van der Waals surface area (Å²) in [5.41, 5.74) is 6.22. The Morgan fingerprint density at radius 3 is 2.16 bits per heavy atom. The Kier molecular flexibility index (Phi) is 5.30. The molecule has 2 aromatic rings. The number of esters is 1. The van der Waals surface area contributed by atoms with E-state index in [-0.39, 0.29) is 23.8 Å². The van der Waals surface area contributed by atoms with Crippen LogP contribution in [-0.4, -0.2) is 22.9 Å². The van der Waals surface area contributed by atoms with Gasteiger partial charge in [-0.15, -0.1) is 0 Å². The van der Waals surface area contributed by atoms with E-state index in [2.05, 4.69) is 36.6 Å². The number of aromatic nitrogens is 1. The van der Waals surface area contributed by atoms with Crippen LogP contribution in [0.25, 0.3) is 5.69 Å². The van der Waals surface area contributed by atoms with E-state index in [1.54, 1.807) is 0 Å². The fourth-order valence-electron chi connectivity index (χ4n) is 7.39. The number of aryl methyl sites for hydroxylation is 3. The van der Waals surface area contributed by atoms with E-state index >= 15 is 0 Å². The maximum Gasteiger partial charge on any atom is 0.306 e. The van der Waals surface area contributed by atoms with Crippen LogP contribution in [0.5, 0.6) is 0 Å². The van der Waals surface area contributed by atoms with Gasteiger partial charge in [-0.05, 0) is 119 Å². The van der Waals surface area contributed by atoms with Crippen molar-refractivity contribution in [1.29, 1.82) is 0 Å². The molecule has 0 atom stereocenters. The summed E-state index contributed by atoms with van der Waals surface area (Å²) in [7, 11) is 0. The van der Waals surface area contributed by atoms with Gasteiger partial charge in [0.1, 0.15) is 0 Å². The maximum atomic E-state index is 13.0. The van der Waals surface area contributed by atoms with Gasteiger partial charge < -0.3 is 9.30 Å². The molecule has 4 nitrogen and oxygen atoms in total. The van der Waals surface area contributed by atoms with Crippen molar-refractivity contribution in [3.63, 3.8) is 0 Å². The Morgan fingerprint density at radius 1 is 0.938 bits per heavy atom. The van der Waals surface area contributed by atoms with E-state index in [0.29, 0.717) is 12.0 Å². The summed E-state index contributed by atoms with van der Waals surface area (Å²) in [5, 5.41) is 0. The van der Waals surface area contributed by atoms with Crippen LogP contribution in [0.2, 0.25) is 0 Å². The quantitative estimate of drug-likeness (QED) is 0.412. The van der Waals surface area contributed by atoms with Gasteiger partial charge in [-0.2, -0.15) is 0 Å². The van der Waals surface area contributed by atoms with Crippen molar-refractivity contribution in [2.45, 2.75) is 72.6 Å². The molecular weight excluding hydrogens is 398 g/mol. The average molecular weight is 434 g/mol. The predicted octanol–water partition coefficient (Wildman–Crippen LogP) is 6.04. The highest BCUT2D eigenvalue weighted by Gasteiger charge is 2.51. The van der Waals surface area contributed by atoms with Crippen LogP contribution in [0.4, 0.5) is 0 Å². The van der Waals surface area contributed by atoms with Gasteiger partial charge in [-0.25, -0.2) is 0 Å². The number of hydrogen-bond donors (Lipinski definition) is 0. The summed E-state index contributed by atoms with van der Waals surface area (Å²) >= 11 is 0. The summed E-state index contributed by atoms with van der Waals surface area (Å²) in [5.74, 6) is 2.12. The maximum absolute atomic E-state index is 13.0. The van der Waals surface area contributed by atoms with E-state index in [4.69, 9.17) is 4.74 Å². The highest BCUT2D eigenvalue weighted by Crippen LogP contribution is 2.61. The van der Waals surface area contributed by atoms with E-state index in [1.165, 1.54) is 49.7 Å². The minimum atomic E-state index is -0.191. The molecule has 0 N–H and O–H groups in total. The fraction of sp³-hybridized carbons (Fsp3) is 0.571. The predicted molar refractivity (Wildman–Crippen MR) is 125 cm³/mol. The number of ketones is 1. The molecule has 170 valence electrons. The smallest absolute Gasteiger partial charge is 0.306 e. The molecule has 0 saturated heterocycles. The molecule has 4 aliphatic carbocycles. The summed E-state index contributed by atoms with van der Waals surface area (Å²) in [6.07, 6.45) is 8.12. The third kappa shape index (κ3) is 3.82. The zero-order valence-corrected chi connectivity index (χ0v) is 19.9. The van der Waals surface area contributed by atoms with Gasteiger partial charge >= 0.3 is 5.97 Å². The van der Waals surface area contributed by atoms with E-state index < -0.39 is 0 Å². The first kappa shape index (κ1) is 21.5. The molecule has 4 saturated carbocycles. The van der Waals surface area contributed by atoms with Crippen LogP contribution in [0.15, 0.2) is 24.3 Å². The standard InChI is InChI=1S/C28H35NO3/c1-17-5-6-24(7-18(17)2)29-19(3)8-25(20(29)4)26(30)16-32-27(31)15-28-12-21-9-22(13-28)11-23(10-21)14-28/h5-8,21-23H,9-16H2,1-4H3. The second kappa shape index (κ2) is 7.90. The largest absolute Gasteiger partial charge is 0.457 e. The van der Waals surface area contributed by atoms with Crippen molar-refractivity contribution in [2.24, 2.45) is 23.2 Å². The molecular formula is C28H35NO3. The lowest BCUT2D eigenvalue weighted by molar-refractivity contribution is -0.150. The van der Waals surface area contributed by atoms with Gasteiger partial charge in [-0.3, -0.25) is 9.59 Å². The van der Waals surface area contributed by atoms with Gasteiger partial charge in [-0.1, -0.05) is 6.07 Å². The second-order valence-electron chi connectivity index (χ2n) is 11.1. The topological polar surface area (TPSA) is 48.3 Å². The number of benzene rings is 1. The fourth-order valence-corrected chi connectivity index (χ4v) is 7.39. The Hall–Kier alpha value is -2.36. The van der Waals surface area contributed by atoms with Gasteiger partial charge in [0, 0.05) is 22.6 Å². The van der Waals surface area contributed by atoms with Gasteiger partial charge in [0.25, 0.3) is 0 Å². The molecule has 0 aliphatic heterocycles. The molecule has 1 aromatic heterocycles. The normalized spacial score (nSPS) is 28.2. The van der Waals surface area contributed by atoms with Gasteiger partial charge in [0.15, 0.2) is 6.61 Å². The first-order valence-corrected chi connectivity index (χ1v) is 12.2. The van der Waals surface area contributed by atoms with Crippen LogP contribution >= 0.6 is 0 Å². The van der Waals surface area contributed by atoms with E-state index in [9.17, 15) is 9.59 Å². The number of carbonyl (C=O) groups excluding carboxylic acids is 2. The molecule has 4 aliphatic rings. The van der Waals surface area contributed by atoms with Crippen molar-refractivity contribution in [1.82, 2.24) is 4.57 Å². The number of carbonyl (C=O) groups is 2. The number of nitrogens with zero attached hydrogens (tertiary/aromatic N) is 1. The summed E-state index contributed by atoms with van der Waals surface area (Å²) in [6, 6.07) is 8.26. The van der Waals surface area contributed by atoms with E-state index in [1.807, 2.05) is 19.9 Å². The number of rotatable bonds is 6. The zero-order valence-electron chi connectivity index (χ0n) is 19.9. The van der Waals surface area contributed by atoms with Gasteiger partial charge in [0.2, 0.25) is 5.78 Å². The third-order valence-electron chi connectivity index (χ3n) is 8.53. The molecule has 1 aromatic carbocycles. The SMILES string of the molecule is Cc1ccc(-n2c(C)cc(C(=O)COC(=O)CC34CC5CC(CC(C5)C3)C4)c2C)cc1C. The molecule has 0 spiro atoms. The third-order valence-corrected chi connectivity index (χ3v) is 8.53. The Balaban J connectivity index is 1.25. The monoisotopic (exact) mass is 433 g/mol. The molecule has 4 heteroatoms. The first-order valence-electron chi connectivity index (χ1n) is 12.2. The molecule has 6 rings (SSSR count). The van der Waals surface area contributed by atoms with Crippen LogP contribution in [0, 0.1) is 50.9 Å². The number of ether oxygens (including phenoxy) is 1. The lowest BCUT2D eigenvalue weighted by atomic mass is 9.49. The van der Waals surface area contributed by atoms with Crippen molar-refractivity contribution >= 4 is 11.8 Å². The molecule has 1 heterocycles. The summed E-state index contributed by atoms with van der Waals surface area (Å²) in [6.45, 7) is 8.01. The zero-order chi connectivity index (χ0) is 22.6. The second-order valence-corrected chi connectivity index (χ2v) is 11.1. The molecule has 4 bridgehead atoms. The first-order chi connectivity index (χ1) is 15.2. The molecule has 0 amide bonds. The average Bonchev–Trinajstić information content (AvgIpc) is 3.01. The molecule has 0 radical (unpaired) electrons. The van der Waals surface area contributed by atoms with Crippen LogP contribution in [0.3, 0.4) is 0 Å². The molecule has 4 fully saturated rings. The van der Waals surface area contributed by atoms with Crippen molar-refractivity contribution in [3.05, 3.63) is 52.3 Å². The lowest BCUT2D eigenvalue weighted by Gasteiger charge is -2.56. The highest BCUT2D eigenvalue weighted by atomic mass is 16.5. The summed E-state index contributed by atoms with van der Waals surface area (Å²) in [4.78, 5) is 25.7. The summed E-state index contributed by atoms with van der Waals surface area (Å²) < 4.78 is 7.65. The number of Topliss-reactive ketones (excluding diaryl/α,β-unsaturated/α-hetero) is 1.